The summed E-state index contributed by atoms with van der Waals surface area (Å²) in [5.41, 5.74) is 0.486. The monoisotopic (exact) mass is 362 g/mol. The Hall–Kier alpha value is -1.88. The fourth-order valence-electron chi connectivity index (χ4n) is 3.72. The van der Waals surface area contributed by atoms with Crippen LogP contribution in [-0.2, 0) is 14.4 Å². The van der Waals surface area contributed by atoms with Crippen LogP contribution in [0.2, 0.25) is 5.02 Å². The minimum Gasteiger partial charge on any atom is -0.343 e. The van der Waals surface area contributed by atoms with E-state index in [4.69, 9.17) is 11.6 Å². The van der Waals surface area contributed by atoms with Gasteiger partial charge in [0, 0.05) is 31.0 Å². The first-order chi connectivity index (χ1) is 11.9. The van der Waals surface area contributed by atoms with Crippen molar-refractivity contribution in [3.63, 3.8) is 0 Å². The van der Waals surface area contributed by atoms with E-state index >= 15 is 0 Å². The molecule has 1 aromatic rings. The number of nitrogens with zero attached hydrogens (tertiary/aromatic N) is 1. The first-order valence-electron chi connectivity index (χ1n) is 8.75. The zero-order valence-electron chi connectivity index (χ0n) is 14.4. The summed E-state index contributed by atoms with van der Waals surface area (Å²) in [6.45, 7) is 3.20. The number of benzene rings is 1. The van der Waals surface area contributed by atoms with Crippen LogP contribution in [0.5, 0.6) is 0 Å². The number of amides is 3. The topological polar surface area (TPSA) is 66.5 Å². The summed E-state index contributed by atoms with van der Waals surface area (Å²) < 4.78 is 0. The Balaban J connectivity index is 1.50. The molecule has 1 N–H and O–H groups in total. The van der Waals surface area contributed by atoms with E-state index in [1.54, 1.807) is 6.92 Å². The smallest absolute Gasteiger partial charge is 0.233 e. The quantitative estimate of drug-likeness (QED) is 0.837. The summed E-state index contributed by atoms with van der Waals surface area (Å²) in [5.74, 6) is -0.0105. The number of hydrogen-bond donors (Lipinski definition) is 1. The molecule has 5 nitrogen and oxygen atoms in total. The first-order valence-corrected chi connectivity index (χ1v) is 9.13. The Morgan fingerprint density at radius 3 is 2.64 bits per heavy atom. The highest BCUT2D eigenvalue weighted by molar-refractivity contribution is 6.30. The van der Waals surface area contributed by atoms with Crippen molar-refractivity contribution >= 4 is 29.3 Å². The number of carbonyl (C=O) groups is 3. The zero-order valence-corrected chi connectivity index (χ0v) is 15.1. The van der Waals surface area contributed by atoms with Crippen LogP contribution in [0.1, 0.15) is 50.5 Å². The van der Waals surface area contributed by atoms with Crippen molar-refractivity contribution in [2.45, 2.75) is 44.9 Å². The minimum atomic E-state index is -0.744. The van der Waals surface area contributed by atoms with Gasteiger partial charge in [0.2, 0.25) is 17.7 Å². The van der Waals surface area contributed by atoms with Crippen LogP contribution in [0.25, 0.3) is 0 Å². The lowest BCUT2D eigenvalue weighted by Crippen LogP contribution is -2.39. The van der Waals surface area contributed by atoms with Crippen LogP contribution in [0.15, 0.2) is 24.3 Å². The fraction of sp³-hybridized carbons (Fsp3) is 0.526. The summed E-state index contributed by atoms with van der Waals surface area (Å²) in [6, 6.07) is 7.92. The highest BCUT2D eigenvalue weighted by atomic mass is 35.5. The van der Waals surface area contributed by atoms with Gasteiger partial charge >= 0.3 is 0 Å². The molecule has 0 aliphatic carbocycles. The molecule has 2 aliphatic rings. The molecule has 1 aromatic carbocycles. The van der Waals surface area contributed by atoms with Gasteiger partial charge in [-0.25, -0.2) is 0 Å². The molecule has 0 spiro atoms. The fourth-order valence-corrected chi connectivity index (χ4v) is 3.92. The summed E-state index contributed by atoms with van der Waals surface area (Å²) in [7, 11) is 0. The van der Waals surface area contributed by atoms with E-state index in [0.29, 0.717) is 18.8 Å². The number of piperidine rings is 1. The molecule has 0 bridgehead atoms. The Morgan fingerprint density at radius 2 is 2.04 bits per heavy atom. The second kappa shape index (κ2) is 7.16. The summed E-state index contributed by atoms with van der Waals surface area (Å²) in [6.07, 6.45) is 2.73. The number of carbonyl (C=O) groups excluding carboxylic acids is 3. The van der Waals surface area contributed by atoms with E-state index in [0.717, 1.165) is 31.0 Å². The van der Waals surface area contributed by atoms with Crippen LogP contribution in [0.3, 0.4) is 0 Å². The summed E-state index contributed by atoms with van der Waals surface area (Å²) in [5, 5.41) is 3.07. The van der Waals surface area contributed by atoms with Crippen molar-refractivity contribution in [3.05, 3.63) is 34.9 Å². The Bertz CT molecular complexity index is 698. The predicted molar refractivity (Wildman–Crippen MR) is 95.1 cm³/mol. The van der Waals surface area contributed by atoms with E-state index in [2.05, 4.69) is 11.4 Å². The molecule has 1 atom stereocenters. The Morgan fingerprint density at radius 1 is 1.32 bits per heavy atom. The van der Waals surface area contributed by atoms with E-state index in [1.807, 2.05) is 23.1 Å². The van der Waals surface area contributed by atoms with Crippen LogP contribution in [0.4, 0.5) is 0 Å². The van der Waals surface area contributed by atoms with Gasteiger partial charge in [-0.05, 0) is 42.9 Å². The van der Waals surface area contributed by atoms with E-state index in [-0.39, 0.29) is 24.1 Å². The second-order valence-electron chi connectivity index (χ2n) is 7.32. The normalized spacial score (nSPS) is 24.5. The molecule has 6 heteroatoms. The minimum absolute atomic E-state index is 0.0675. The molecule has 0 aromatic heterocycles. The summed E-state index contributed by atoms with van der Waals surface area (Å²) >= 11 is 6.06. The third-order valence-electron chi connectivity index (χ3n) is 5.41. The van der Waals surface area contributed by atoms with Gasteiger partial charge in [0.15, 0.2) is 0 Å². The third kappa shape index (κ3) is 4.03. The first kappa shape index (κ1) is 17.9. The lowest BCUT2D eigenvalue weighted by Gasteiger charge is -2.33. The van der Waals surface area contributed by atoms with Gasteiger partial charge < -0.3 is 4.90 Å². The molecule has 25 heavy (non-hydrogen) atoms. The molecule has 2 heterocycles. The molecule has 2 aliphatic heterocycles. The van der Waals surface area contributed by atoms with E-state index < -0.39 is 5.41 Å². The average molecular weight is 363 g/mol. The van der Waals surface area contributed by atoms with Gasteiger partial charge in [0.25, 0.3) is 0 Å². The van der Waals surface area contributed by atoms with Crippen LogP contribution < -0.4 is 5.32 Å². The SMILES string of the molecule is CC1(CCC(=O)N2CCC(c3cccc(Cl)c3)CC2)CC(=O)NC1=O. The molecular weight excluding hydrogens is 340 g/mol. The molecule has 134 valence electrons. The number of nitrogens with one attached hydrogen (secondary N) is 1. The third-order valence-corrected chi connectivity index (χ3v) is 5.65. The van der Waals surface area contributed by atoms with Gasteiger partial charge in [0.05, 0.1) is 5.41 Å². The van der Waals surface area contributed by atoms with Crippen LogP contribution >= 0.6 is 11.6 Å². The molecular formula is C19H23ClN2O3. The lowest BCUT2D eigenvalue weighted by atomic mass is 9.83. The Kier molecular flexibility index (Phi) is 5.13. The van der Waals surface area contributed by atoms with Crippen molar-refractivity contribution < 1.29 is 14.4 Å². The zero-order chi connectivity index (χ0) is 18.0. The number of rotatable bonds is 4. The van der Waals surface area contributed by atoms with Crippen molar-refractivity contribution in [2.24, 2.45) is 5.41 Å². The molecule has 3 amide bonds. The highest BCUT2D eigenvalue weighted by Gasteiger charge is 2.42. The standard InChI is InChI=1S/C19H23ClN2O3/c1-19(12-16(23)21-18(19)25)8-5-17(24)22-9-6-13(7-10-22)14-3-2-4-15(20)11-14/h2-4,11,13H,5-10,12H2,1H3,(H,21,23,25). The molecule has 3 rings (SSSR count). The molecule has 2 saturated heterocycles. The second-order valence-corrected chi connectivity index (χ2v) is 7.76. The van der Waals surface area contributed by atoms with Crippen molar-refractivity contribution in [1.82, 2.24) is 10.2 Å². The molecule has 0 radical (unpaired) electrons. The van der Waals surface area contributed by atoms with Gasteiger partial charge in [-0.2, -0.15) is 0 Å². The number of likely N-dealkylation sites (tertiary alicyclic amines) is 1. The molecule has 1 unspecified atom stereocenters. The van der Waals surface area contributed by atoms with Gasteiger partial charge in [-0.3, -0.25) is 19.7 Å². The molecule has 2 fully saturated rings. The van der Waals surface area contributed by atoms with Gasteiger partial charge in [-0.1, -0.05) is 30.7 Å². The molecule has 0 saturated carbocycles. The maximum atomic E-state index is 12.5. The number of halogens is 1. The van der Waals surface area contributed by atoms with Gasteiger partial charge in [-0.15, -0.1) is 0 Å². The van der Waals surface area contributed by atoms with Crippen LogP contribution in [0, 0.1) is 5.41 Å². The maximum Gasteiger partial charge on any atom is 0.233 e. The maximum absolute atomic E-state index is 12.5. The van der Waals surface area contributed by atoms with Crippen molar-refractivity contribution in [3.8, 4) is 0 Å². The average Bonchev–Trinajstić information content (AvgIpc) is 2.85. The summed E-state index contributed by atoms with van der Waals surface area (Å²) in [4.78, 5) is 37.6. The van der Waals surface area contributed by atoms with Gasteiger partial charge in [0.1, 0.15) is 0 Å². The Labute approximate surface area is 152 Å². The van der Waals surface area contributed by atoms with E-state index in [1.165, 1.54) is 5.56 Å². The number of hydrogen-bond acceptors (Lipinski definition) is 3. The predicted octanol–water partition coefficient (Wildman–Crippen LogP) is 2.88. The highest BCUT2D eigenvalue weighted by Crippen LogP contribution is 2.33. The van der Waals surface area contributed by atoms with Crippen LogP contribution in [-0.4, -0.2) is 35.7 Å². The lowest BCUT2D eigenvalue weighted by molar-refractivity contribution is -0.133. The van der Waals surface area contributed by atoms with Crippen molar-refractivity contribution in [2.75, 3.05) is 13.1 Å². The van der Waals surface area contributed by atoms with Crippen molar-refractivity contribution in [1.29, 1.82) is 0 Å². The number of imide groups is 1. The van der Waals surface area contributed by atoms with E-state index in [9.17, 15) is 14.4 Å². The largest absolute Gasteiger partial charge is 0.343 e.